The summed E-state index contributed by atoms with van der Waals surface area (Å²) in [6, 6.07) is 0. The Morgan fingerprint density at radius 1 is 1.26 bits per heavy atom. The van der Waals surface area contributed by atoms with Crippen LogP contribution in [-0.2, 0) is 0 Å². The van der Waals surface area contributed by atoms with Crippen LogP contribution in [0.5, 0.6) is 0 Å². The summed E-state index contributed by atoms with van der Waals surface area (Å²) in [5.41, 5.74) is 2.72. The predicted molar refractivity (Wildman–Crippen MR) is 85.0 cm³/mol. The Labute approximate surface area is 120 Å². The van der Waals surface area contributed by atoms with Crippen molar-refractivity contribution in [1.82, 2.24) is 9.80 Å². The van der Waals surface area contributed by atoms with E-state index in [4.69, 9.17) is 0 Å². The summed E-state index contributed by atoms with van der Waals surface area (Å²) in [4.78, 5) is 4.87. The lowest BCUT2D eigenvalue weighted by atomic mass is 9.94. The van der Waals surface area contributed by atoms with Gasteiger partial charge in [0.1, 0.15) is 0 Å². The van der Waals surface area contributed by atoms with Crippen LogP contribution in [0, 0.1) is 0 Å². The molecule has 19 heavy (non-hydrogen) atoms. The Hall–Kier alpha value is -0.760. The fraction of sp³-hybridized carbons (Fsp3) is 0.765. The second-order valence-electron chi connectivity index (χ2n) is 7.73. The minimum absolute atomic E-state index is 0.0227. The van der Waals surface area contributed by atoms with Gasteiger partial charge in [-0.2, -0.15) is 0 Å². The van der Waals surface area contributed by atoms with Gasteiger partial charge in [-0.05, 0) is 68.0 Å². The lowest BCUT2D eigenvalue weighted by molar-refractivity contribution is 0.0982. The molecule has 0 atom stereocenters. The van der Waals surface area contributed by atoms with Crippen LogP contribution in [0.25, 0.3) is 0 Å². The summed E-state index contributed by atoms with van der Waals surface area (Å²) in [7, 11) is 2.21. The zero-order valence-electron chi connectivity index (χ0n) is 14.4. The van der Waals surface area contributed by atoms with E-state index in [1.165, 1.54) is 11.4 Å². The predicted octanol–water partition coefficient (Wildman–Crippen LogP) is 4.40. The average Bonchev–Trinajstić information content (AvgIpc) is 2.38. The molecule has 0 spiro atoms. The van der Waals surface area contributed by atoms with Crippen molar-refractivity contribution in [1.29, 1.82) is 0 Å². The number of hydrogen-bond acceptors (Lipinski definition) is 2. The number of rotatable bonds is 3. The Kier molecular flexibility index (Phi) is 4.00. The third-order valence-corrected chi connectivity index (χ3v) is 4.46. The maximum absolute atomic E-state index is 4.29. The van der Waals surface area contributed by atoms with Gasteiger partial charge in [0, 0.05) is 22.5 Å². The highest BCUT2D eigenvalue weighted by Crippen LogP contribution is 2.43. The van der Waals surface area contributed by atoms with Crippen molar-refractivity contribution in [2.24, 2.45) is 0 Å². The van der Waals surface area contributed by atoms with Gasteiger partial charge in [-0.15, -0.1) is 0 Å². The van der Waals surface area contributed by atoms with Crippen molar-refractivity contribution in [3.05, 3.63) is 24.0 Å². The molecule has 2 nitrogen and oxygen atoms in total. The summed E-state index contributed by atoms with van der Waals surface area (Å²) >= 11 is 0. The minimum atomic E-state index is 0.0227. The molecule has 0 bridgehead atoms. The van der Waals surface area contributed by atoms with Crippen LogP contribution in [0.1, 0.15) is 61.8 Å². The molecule has 2 heteroatoms. The molecule has 0 fully saturated rings. The summed E-state index contributed by atoms with van der Waals surface area (Å²) in [6.45, 7) is 22.4. The molecule has 0 saturated carbocycles. The molecule has 0 N–H and O–H groups in total. The van der Waals surface area contributed by atoms with Crippen molar-refractivity contribution in [3.8, 4) is 0 Å². The van der Waals surface area contributed by atoms with Crippen LogP contribution >= 0.6 is 0 Å². The van der Waals surface area contributed by atoms with Gasteiger partial charge in [0.2, 0.25) is 0 Å². The fourth-order valence-electron chi connectivity index (χ4n) is 3.00. The van der Waals surface area contributed by atoms with Crippen LogP contribution in [0.3, 0.4) is 0 Å². The Morgan fingerprint density at radius 3 is 2.00 bits per heavy atom. The molecule has 1 heterocycles. The highest BCUT2D eigenvalue weighted by molar-refractivity contribution is 5.33. The lowest BCUT2D eigenvalue weighted by Crippen LogP contribution is -2.51. The van der Waals surface area contributed by atoms with E-state index in [1.54, 1.807) is 0 Å². The van der Waals surface area contributed by atoms with Gasteiger partial charge in [0.25, 0.3) is 0 Å². The molecule has 0 aromatic heterocycles. The third-order valence-electron chi connectivity index (χ3n) is 4.46. The summed E-state index contributed by atoms with van der Waals surface area (Å²) in [5, 5.41) is 0. The highest BCUT2D eigenvalue weighted by Gasteiger charge is 2.47. The summed E-state index contributed by atoms with van der Waals surface area (Å²) in [5.74, 6) is 0. The number of hydrogen-bond donors (Lipinski definition) is 0. The Bertz CT molecular complexity index is 394. The molecule has 0 amide bonds. The molecule has 110 valence electrons. The quantitative estimate of drug-likeness (QED) is 0.745. The van der Waals surface area contributed by atoms with E-state index in [2.05, 4.69) is 84.9 Å². The highest BCUT2D eigenvalue weighted by atomic mass is 15.3. The molecule has 0 radical (unpaired) electrons. The van der Waals surface area contributed by atoms with Gasteiger partial charge >= 0.3 is 0 Å². The third kappa shape index (κ3) is 2.74. The van der Waals surface area contributed by atoms with E-state index in [-0.39, 0.29) is 16.6 Å². The van der Waals surface area contributed by atoms with Gasteiger partial charge in [0.15, 0.2) is 0 Å². The Morgan fingerprint density at radius 2 is 1.74 bits per heavy atom. The zero-order valence-corrected chi connectivity index (χ0v) is 14.4. The smallest absolute Gasteiger partial charge is 0.0558 e. The molecule has 1 aliphatic rings. The first-order valence-electron chi connectivity index (χ1n) is 7.31. The summed E-state index contributed by atoms with van der Waals surface area (Å²) < 4.78 is 0. The molecule has 1 aliphatic heterocycles. The topological polar surface area (TPSA) is 6.48 Å². The molecule has 0 aromatic rings. The SMILES string of the molecule is C=C(CC)N(C1=CC(C)(C)N(C)C1(C)C)C(C)(C)C. The second-order valence-corrected chi connectivity index (χ2v) is 7.73. The van der Waals surface area contributed by atoms with E-state index < -0.39 is 0 Å². The van der Waals surface area contributed by atoms with Gasteiger partial charge in [-0.1, -0.05) is 13.5 Å². The number of allylic oxidation sites excluding steroid dienone is 1. The van der Waals surface area contributed by atoms with E-state index in [0.29, 0.717) is 0 Å². The molecule has 0 aromatic carbocycles. The van der Waals surface area contributed by atoms with E-state index in [9.17, 15) is 0 Å². The molecule has 0 unspecified atom stereocenters. The first kappa shape index (κ1) is 16.3. The van der Waals surface area contributed by atoms with Crippen molar-refractivity contribution < 1.29 is 0 Å². The molecule has 1 rings (SSSR count). The standard InChI is InChI=1S/C17H32N2/c1-11-13(2)19(15(3,4)5)14-12-16(6,7)18(10)17(14,8)9/h12H,2,11H2,1,3-10H3. The van der Waals surface area contributed by atoms with E-state index in [0.717, 1.165) is 6.42 Å². The minimum Gasteiger partial charge on any atom is -0.342 e. The van der Waals surface area contributed by atoms with Crippen molar-refractivity contribution in [2.45, 2.75) is 78.4 Å². The van der Waals surface area contributed by atoms with Crippen LogP contribution in [-0.4, -0.2) is 33.5 Å². The number of nitrogens with zero attached hydrogens (tertiary/aromatic N) is 2. The second kappa shape index (κ2) is 4.66. The van der Waals surface area contributed by atoms with Crippen LogP contribution < -0.4 is 0 Å². The first-order valence-corrected chi connectivity index (χ1v) is 7.31. The van der Waals surface area contributed by atoms with Gasteiger partial charge in [-0.25, -0.2) is 0 Å². The number of likely N-dealkylation sites (N-methyl/N-ethyl adjacent to an activating group) is 1. The maximum Gasteiger partial charge on any atom is 0.0558 e. The lowest BCUT2D eigenvalue weighted by Gasteiger charge is -2.46. The van der Waals surface area contributed by atoms with Crippen LogP contribution in [0.4, 0.5) is 0 Å². The van der Waals surface area contributed by atoms with Gasteiger partial charge < -0.3 is 4.90 Å². The largest absolute Gasteiger partial charge is 0.342 e. The van der Waals surface area contributed by atoms with Gasteiger partial charge in [-0.3, -0.25) is 4.90 Å². The van der Waals surface area contributed by atoms with Gasteiger partial charge in [0.05, 0.1) is 5.54 Å². The van der Waals surface area contributed by atoms with E-state index in [1.807, 2.05) is 0 Å². The molecule has 0 aliphatic carbocycles. The monoisotopic (exact) mass is 264 g/mol. The van der Waals surface area contributed by atoms with E-state index >= 15 is 0 Å². The van der Waals surface area contributed by atoms with Crippen molar-refractivity contribution in [3.63, 3.8) is 0 Å². The molecular formula is C17H32N2. The van der Waals surface area contributed by atoms with Crippen LogP contribution in [0.2, 0.25) is 0 Å². The fourth-order valence-corrected chi connectivity index (χ4v) is 3.00. The van der Waals surface area contributed by atoms with Crippen LogP contribution in [0.15, 0.2) is 24.0 Å². The normalized spacial score (nSPS) is 22.3. The maximum atomic E-state index is 4.29. The Balaban J connectivity index is 3.36. The molecular weight excluding hydrogens is 232 g/mol. The average molecular weight is 264 g/mol. The summed E-state index contributed by atoms with van der Waals surface area (Å²) in [6.07, 6.45) is 3.38. The molecule has 0 saturated heterocycles. The first-order chi connectivity index (χ1) is 8.35. The van der Waals surface area contributed by atoms with Crippen molar-refractivity contribution in [2.75, 3.05) is 7.05 Å². The van der Waals surface area contributed by atoms with Crippen molar-refractivity contribution >= 4 is 0 Å². The zero-order chi connectivity index (χ0) is 15.2.